The van der Waals surface area contributed by atoms with Gasteiger partial charge >= 0.3 is 0 Å². The molecule has 0 saturated carbocycles. The smallest absolute Gasteiger partial charge is 0.0543 e. The molecule has 17 heavy (non-hydrogen) atoms. The highest BCUT2D eigenvalue weighted by molar-refractivity contribution is 5.05. The molecule has 2 rings (SSSR count). The summed E-state index contributed by atoms with van der Waals surface area (Å²) >= 11 is 0. The molecule has 0 aromatic carbocycles. The Bertz CT molecular complexity index is 384. The Labute approximate surface area is 104 Å². The monoisotopic (exact) mass is 233 g/mol. The van der Waals surface area contributed by atoms with E-state index >= 15 is 0 Å². The van der Waals surface area contributed by atoms with Crippen LogP contribution in [0.5, 0.6) is 0 Å². The molecule has 0 saturated heterocycles. The van der Waals surface area contributed by atoms with Crippen molar-refractivity contribution in [2.24, 2.45) is 0 Å². The number of rotatable bonds is 3. The van der Waals surface area contributed by atoms with Gasteiger partial charge in [-0.15, -0.1) is 0 Å². The molecule has 1 N–H and O–H groups in total. The average molecular weight is 233 g/mol. The van der Waals surface area contributed by atoms with Gasteiger partial charge in [0.25, 0.3) is 0 Å². The van der Waals surface area contributed by atoms with Crippen molar-refractivity contribution in [1.29, 1.82) is 0 Å². The van der Waals surface area contributed by atoms with E-state index in [1.165, 1.54) is 18.4 Å². The molecule has 0 spiro atoms. The third-order valence-corrected chi connectivity index (χ3v) is 3.19. The molecule has 1 atom stereocenters. The first-order valence-corrected chi connectivity index (χ1v) is 6.48. The van der Waals surface area contributed by atoms with Gasteiger partial charge in [0.05, 0.1) is 11.7 Å². The van der Waals surface area contributed by atoms with Gasteiger partial charge < -0.3 is 5.32 Å². The number of aromatic nitrogens is 2. The summed E-state index contributed by atoms with van der Waals surface area (Å²) in [5.74, 6) is 0. The molecule has 1 heterocycles. The maximum Gasteiger partial charge on any atom is 0.0543 e. The van der Waals surface area contributed by atoms with Crippen LogP contribution in [0, 0.1) is 0 Å². The van der Waals surface area contributed by atoms with Gasteiger partial charge in [0, 0.05) is 24.3 Å². The maximum atomic E-state index is 4.41. The van der Waals surface area contributed by atoms with Gasteiger partial charge in [-0.05, 0) is 40.0 Å². The predicted octanol–water partition coefficient (Wildman–Crippen LogP) is 2.84. The van der Waals surface area contributed by atoms with E-state index in [-0.39, 0.29) is 5.54 Å². The van der Waals surface area contributed by atoms with Crippen LogP contribution in [-0.4, -0.2) is 15.8 Å². The number of hydrogen-bond donors (Lipinski definition) is 1. The minimum atomic E-state index is 0.0752. The molecule has 1 unspecified atom stereocenters. The Balaban J connectivity index is 1.87. The van der Waals surface area contributed by atoms with Crippen molar-refractivity contribution < 1.29 is 0 Å². The summed E-state index contributed by atoms with van der Waals surface area (Å²) in [6.45, 7) is 7.43. The third kappa shape index (κ3) is 3.43. The van der Waals surface area contributed by atoms with Gasteiger partial charge in [-0.2, -0.15) is 5.10 Å². The fourth-order valence-electron chi connectivity index (χ4n) is 2.06. The first-order chi connectivity index (χ1) is 8.05. The summed E-state index contributed by atoms with van der Waals surface area (Å²) in [6, 6.07) is 0.637. The van der Waals surface area contributed by atoms with E-state index in [0.717, 1.165) is 13.0 Å². The molecule has 1 aliphatic rings. The number of nitrogens with zero attached hydrogens (tertiary/aromatic N) is 2. The molecule has 1 aliphatic carbocycles. The van der Waals surface area contributed by atoms with Gasteiger partial charge in [0.1, 0.15) is 0 Å². The Morgan fingerprint density at radius 2 is 2.24 bits per heavy atom. The molecule has 0 fully saturated rings. The number of allylic oxidation sites excluding steroid dienone is 1. The van der Waals surface area contributed by atoms with E-state index < -0.39 is 0 Å². The Morgan fingerprint density at radius 3 is 2.82 bits per heavy atom. The van der Waals surface area contributed by atoms with Gasteiger partial charge in [-0.3, -0.25) is 4.68 Å². The second kappa shape index (κ2) is 5.05. The Morgan fingerprint density at radius 1 is 1.41 bits per heavy atom. The van der Waals surface area contributed by atoms with E-state index in [0.29, 0.717) is 6.04 Å². The first-order valence-electron chi connectivity index (χ1n) is 6.48. The second-order valence-electron chi connectivity index (χ2n) is 5.83. The van der Waals surface area contributed by atoms with Crippen LogP contribution in [0.2, 0.25) is 0 Å². The van der Waals surface area contributed by atoms with Crippen molar-refractivity contribution in [1.82, 2.24) is 15.1 Å². The van der Waals surface area contributed by atoms with Crippen molar-refractivity contribution in [3.05, 3.63) is 30.1 Å². The molecule has 3 nitrogen and oxygen atoms in total. The van der Waals surface area contributed by atoms with Crippen LogP contribution in [0.4, 0.5) is 0 Å². The second-order valence-corrected chi connectivity index (χ2v) is 5.83. The topological polar surface area (TPSA) is 29.9 Å². The zero-order valence-corrected chi connectivity index (χ0v) is 11.1. The van der Waals surface area contributed by atoms with E-state index in [2.05, 4.69) is 49.5 Å². The molecule has 1 aromatic rings. The van der Waals surface area contributed by atoms with Crippen molar-refractivity contribution in [3.63, 3.8) is 0 Å². The summed E-state index contributed by atoms with van der Waals surface area (Å²) < 4.78 is 2.03. The third-order valence-electron chi connectivity index (χ3n) is 3.19. The van der Waals surface area contributed by atoms with Gasteiger partial charge in [0.2, 0.25) is 0 Å². The summed E-state index contributed by atoms with van der Waals surface area (Å²) in [4.78, 5) is 0. The van der Waals surface area contributed by atoms with E-state index in [9.17, 15) is 0 Å². The highest BCUT2D eigenvalue weighted by Crippen LogP contribution is 2.14. The van der Waals surface area contributed by atoms with Crippen LogP contribution in [-0.2, 0) is 12.1 Å². The molecule has 0 radical (unpaired) electrons. The van der Waals surface area contributed by atoms with Crippen LogP contribution < -0.4 is 5.32 Å². The number of hydrogen-bond acceptors (Lipinski definition) is 2. The van der Waals surface area contributed by atoms with Gasteiger partial charge in [-0.25, -0.2) is 0 Å². The standard InChI is InChI=1S/C14H23N3/c1-14(2,3)17-11-12(10-16-17)9-15-13-7-5-4-6-8-13/h4-5,10-11,13,15H,6-9H2,1-3H3. The molecule has 3 heteroatoms. The molecular weight excluding hydrogens is 210 g/mol. The highest BCUT2D eigenvalue weighted by atomic mass is 15.3. The van der Waals surface area contributed by atoms with Gasteiger partial charge in [-0.1, -0.05) is 12.2 Å². The molecular formula is C14H23N3. The lowest BCUT2D eigenvalue weighted by Gasteiger charge is -2.19. The molecule has 0 aliphatic heterocycles. The lowest BCUT2D eigenvalue weighted by Crippen LogP contribution is -2.29. The minimum absolute atomic E-state index is 0.0752. The normalized spacial score (nSPS) is 20.8. The molecule has 0 bridgehead atoms. The van der Waals surface area contributed by atoms with Crippen LogP contribution >= 0.6 is 0 Å². The summed E-state index contributed by atoms with van der Waals surface area (Å²) in [5.41, 5.74) is 1.35. The van der Waals surface area contributed by atoms with Crippen molar-refractivity contribution in [3.8, 4) is 0 Å². The van der Waals surface area contributed by atoms with Gasteiger partial charge in [0.15, 0.2) is 0 Å². The minimum Gasteiger partial charge on any atom is -0.309 e. The molecule has 94 valence electrons. The van der Waals surface area contributed by atoms with E-state index in [1.54, 1.807) is 0 Å². The lowest BCUT2D eigenvalue weighted by molar-refractivity contribution is 0.355. The molecule has 1 aromatic heterocycles. The zero-order valence-electron chi connectivity index (χ0n) is 11.1. The lowest BCUT2D eigenvalue weighted by atomic mass is 10.0. The maximum absolute atomic E-state index is 4.41. The largest absolute Gasteiger partial charge is 0.309 e. The van der Waals surface area contributed by atoms with E-state index in [4.69, 9.17) is 0 Å². The van der Waals surface area contributed by atoms with E-state index in [1.807, 2.05) is 10.9 Å². The highest BCUT2D eigenvalue weighted by Gasteiger charge is 2.14. The fraction of sp³-hybridized carbons (Fsp3) is 0.643. The SMILES string of the molecule is CC(C)(C)n1cc(CNC2CC=CCC2)cn1. The fourth-order valence-corrected chi connectivity index (χ4v) is 2.06. The van der Waals surface area contributed by atoms with Crippen LogP contribution in [0.25, 0.3) is 0 Å². The van der Waals surface area contributed by atoms with Crippen LogP contribution in [0.3, 0.4) is 0 Å². The van der Waals surface area contributed by atoms with Crippen molar-refractivity contribution >= 4 is 0 Å². The molecule has 0 amide bonds. The summed E-state index contributed by atoms with van der Waals surface area (Å²) in [6.07, 6.45) is 12.3. The van der Waals surface area contributed by atoms with Crippen molar-refractivity contribution in [2.45, 2.75) is 58.2 Å². The summed E-state index contributed by atoms with van der Waals surface area (Å²) in [7, 11) is 0. The summed E-state index contributed by atoms with van der Waals surface area (Å²) in [5, 5.41) is 8.01. The van der Waals surface area contributed by atoms with Crippen LogP contribution in [0.15, 0.2) is 24.5 Å². The number of nitrogens with one attached hydrogen (secondary N) is 1. The zero-order chi connectivity index (χ0) is 12.3. The van der Waals surface area contributed by atoms with Crippen LogP contribution in [0.1, 0.15) is 45.6 Å². The quantitative estimate of drug-likeness (QED) is 0.814. The Kier molecular flexibility index (Phi) is 3.67. The first kappa shape index (κ1) is 12.4. The average Bonchev–Trinajstić information content (AvgIpc) is 2.76. The Hall–Kier alpha value is -1.09. The predicted molar refractivity (Wildman–Crippen MR) is 70.8 cm³/mol. The van der Waals surface area contributed by atoms with Crippen molar-refractivity contribution in [2.75, 3.05) is 0 Å².